The topological polar surface area (TPSA) is 36.8 Å². The number of hydrogen-bond donors (Lipinski definition) is 1. The summed E-state index contributed by atoms with van der Waals surface area (Å²) in [5.74, 6) is 1.54. The molecular formula is C51H33N3S2. The Balaban J connectivity index is 1.17. The number of aliphatic imine (C=N–C) groups is 2. The summed E-state index contributed by atoms with van der Waals surface area (Å²) in [7, 11) is 0. The number of fused-ring (bicyclic) bond motifs is 6. The molecule has 10 aromatic rings. The van der Waals surface area contributed by atoms with E-state index in [4.69, 9.17) is 9.98 Å². The van der Waals surface area contributed by atoms with Crippen molar-refractivity contribution < 1.29 is 0 Å². The van der Waals surface area contributed by atoms with Crippen LogP contribution in [0.15, 0.2) is 198 Å². The molecule has 1 N–H and O–H groups in total. The first-order valence-electron chi connectivity index (χ1n) is 18.8. The van der Waals surface area contributed by atoms with Gasteiger partial charge >= 0.3 is 0 Å². The summed E-state index contributed by atoms with van der Waals surface area (Å²) < 4.78 is 5.12. The van der Waals surface area contributed by atoms with Crippen LogP contribution in [0.25, 0.3) is 73.7 Å². The molecule has 0 saturated heterocycles. The van der Waals surface area contributed by atoms with Gasteiger partial charge in [-0.25, -0.2) is 9.98 Å². The molecule has 1 aliphatic rings. The van der Waals surface area contributed by atoms with Gasteiger partial charge in [0.1, 0.15) is 12.0 Å². The Morgan fingerprint density at radius 3 is 1.88 bits per heavy atom. The average Bonchev–Trinajstić information content (AvgIpc) is 3.86. The molecule has 5 heteroatoms. The molecule has 3 nitrogen and oxygen atoms in total. The number of rotatable bonds is 6. The molecule has 0 radical (unpaired) electrons. The number of thiophene rings is 2. The van der Waals surface area contributed by atoms with Gasteiger partial charge in [0.15, 0.2) is 5.84 Å². The number of nitrogens with zero attached hydrogens (tertiary/aromatic N) is 2. The van der Waals surface area contributed by atoms with E-state index < -0.39 is 0 Å². The summed E-state index contributed by atoms with van der Waals surface area (Å²) >= 11 is 3.73. The van der Waals surface area contributed by atoms with Gasteiger partial charge in [-0.3, -0.25) is 0 Å². The predicted molar refractivity (Wildman–Crippen MR) is 240 cm³/mol. The lowest BCUT2D eigenvalue weighted by atomic mass is 9.94. The molecule has 0 fully saturated rings. The molecule has 1 atom stereocenters. The highest BCUT2D eigenvalue weighted by atomic mass is 32.1. The van der Waals surface area contributed by atoms with Gasteiger partial charge in [0, 0.05) is 51.5 Å². The van der Waals surface area contributed by atoms with Crippen LogP contribution in [0.5, 0.6) is 0 Å². The maximum atomic E-state index is 5.35. The van der Waals surface area contributed by atoms with Crippen molar-refractivity contribution in [3.8, 4) is 33.4 Å². The van der Waals surface area contributed by atoms with Gasteiger partial charge in [0.05, 0.1) is 0 Å². The van der Waals surface area contributed by atoms with E-state index in [1.165, 1.54) is 73.7 Å². The number of nitrogens with one attached hydrogen (secondary N) is 1. The van der Waals surface area contributed by atoms with E-state index in [0.29, 0.717) is 0 Å². The molecular weight excluding hydrogens is 719 g/mol. The first-order valence-corrected chi connectivity index (χ1v) is 20.5. The van der Waals surface area contributed by atoms with Crippen LogP contribution in [0.1, 0.15) is 22.9 Å². The smallest absolute Gasteiger partial charge is 0.160 e. The molecule has 264 valence electrons. The third kappa shape index (κ3) is 5.63. The monoisotopic (exact) mass is 751 g/mol. The number of benzene rings is 8. The molecule has 11 rings (SSSR count). The van der Waals surface area contributed by atoms with Gasteiger partial charge in [-0.2, -0.15) is 0 Å². The molecule has 3 heterocycles. The second kappa shape index (κ2) is 13.6. The number of amidine groups is 2. The summed E-state index contributed by atoms with van der Waals surface area (Å²) in [5.41, 5.74) is 10.4. The fourth-order valence-corrected chi connectivity index (χ4v) is 10.5. The SMILES string of the molecule is c1ccc(C2=NC(c3ccc(-c4cccc(-c5ccccc5)c4)c4sc5c(-c6ccc7sc8ccccc8c7c6)cccc5c34)=NC(c3ccccc3)N2)cc1. The van der Waals surface area contributed by atoms with Gasteiger partial charge < -0.3 is 5.32 Å². The van der Waals surface area contributed by atoms with Crippen molar-refractivity contribution >= 4 is 74.7 Å². The maximum absolute atomic E-state index is 5.35. The van der Waals surface area contributed by atoms with Crippen molar-refractivity contribution in [2.45, 2.75) is 6.17 Å². The summed E-state index contributed by atoms with van der Waals surface area (Å²) in [6, 6.07) is 67.4. The average molecular weight is 752 g/mol. The first-order chi connectivity index (χ1) is 27.7. The van der Waals surface area contributed by atoms with Crippen molar-refractivity contribution in [2.24, 2.45) is 9.98 Å². The molecule has 0 bridgehead atoms. The predicted octanol–water partition coefficient (Wildman–Crippen LogP) is 13.9. The second-order valence-electron chi connectivity index (χ2n) is 14.1. The largest absolute Gasteiger partial charge is 0.344 e. The maximum Gasteiger partial charge on any atom is 0.160 e. The molecule has 0 aliphatic carbocycles. The normalized spacial score (nSPS) is 14.2. The zero-order valence-corrected chi connectivity index (χ0v) is 31.8. The summed E-state index contributed by atoms with van der Waals surface area (Å²) in [5, 5.41) is 8.65. The van der Waals surface area contributed by atoms with E-state index in [9.17, 15) is 0 Å². The van der Waals surface area contributed by atoms with E-state index >= 15 is 0 Å². The molecule has 1 aliphatic heterocycles. The van der Waals surface area contributed by atoms with Crippen molar-refractivity contribution in [3.05, 3.63) is 205 Å². The van der Waals surface area contributed by atoms with E-state index in [-0.39, 0.29) is 6.17 Å². The van der Waals surface area contributed by atoms with Crippen LogP contribution in [0.3, 0.4) is 0 Å². The zero-order chi connectivity index (χ0) is 37.0. The molecule has 2 aromatic heterocycles. The Labute approximate surface area is 332 Å². The fourth-order valence-electron chi connectivity index (χ4n) is 8.05. The van der Waals surface area contributed by atoms with Crippen molar-refractivity contribution in [1.82, 2.24) is 5.32 Å². The minimum atomic E-state index is -0.288. The summed E-state index contributed by atoms with van der Waals surface area (Å²) in [6.07, 6.45) is -0.288. The lowest BCUT2D eigenvalue weighted by Crippen LogP contribution is -2.33. The molecule has 0 amide bonds. The van der Waals surface area contributed by atoms with Gasteiger partial charge in [0.2, 0.25) is 0 Å². The van der Waals surface area contributed by atoms with Crippen molar-refractivity contribution in [3.63, 3.8) is 0 Å². The van der Waals surface area contributed by atoms with E-state index in [1.807, 2.05) is 34.8 Å². The minimum absolute atomic E-state index is 0.288. The summed E-state index contributed by atoms with van der Waals surface area (Å²) in [6.45, 7) is 0. The van der Waals surface area contributed by atoms with Crippen molar-refractivity contribution in [1.29, 1.82) is 0 Å². The lowest BCUT2D eigenvalue weighted by molar-refractivity contribution is 0.674. The van der Waals surface area contributed by atoms with Crippen LogP contribution < -0.4 is 5.32 Å². The number of hydrogen-bond acceptors (Lipinski definition) is 5. The van der Waals surface area contributed by atoms with E-state index in [2.05, 4.69) is 181 Å². The van der Waals surface area contributed by atoms with Crippen LogP contribution in [0.2, 0.25) is 0 Å². The molecule has 0 saturated carbocycles. The minimum Gasteiger partial charge on any atom is -0.344 e. The van der Waals surface area contributed by atoms with Crippen LogP contribution in [-0.4, -0.2) is 11.7 Å². The zero-order valence-electron chi connectivity index (χ0n) is 30.2. The Kier molecular flexibility index (Phi) is 7.94. The van der Waals surface area contributed by atoms with E-state index in [1.54, 1.807) is 0 Å². The molecule has 1 unspecified atom stereocenters. The molecule has 0 spiro atoms. The van der Waals surface area contributed by atoms with E-state index in [0.717, 1.165) is 28.4 Å². The Hall–Kier alpha value is -6.66. The Morgan fingerprint density at radius 2 is 1.04 bits per heavy atom. The van der Waals surface area contributed by atoms with Gasteiger partial charge in [0.25, 0.3) is 0 Å². The second-order valence-corrected chi connectivity index (χ2v) is 16.2. The van der Waals surface area contributed by atoms with Crippen LogP contribution >= 0.6 is 22.7 Å². The van der Waals surface area contributed by atoms with Crippen LogP contribution in [0.4, 0.5) is 0 Å². The van der Waals surface area contributed by atoms with Gasteiger partial charge in [-0.05, 0) is 69.3 Å². The molecule has 8 aromatic carbocycles. The quantitative estimate of drug-likeness (QED) is 0.180. The highest BCUT2D eigenvalue weighted by Gasteiger charge is 2.25. The van der Waals surface area contributed by atoms with Crippen LogP contribution in [0, 0.1) is 0 Å². The highest BCUT2D eigenvalue weighted by molar-refractivity contribution is 7.27. The van der Waals surface area contributed by atoms with Crippen LogP contribution in [-0.2, 0) is 0 Å². The summed E-state index contributed by atoms with van der Waals surface area (Å²) in [4.78, 5) is 10.6. The molecule has 56 heavy (non-hydrogen) atoms. The van der Waals surface area contributed by atoms with Gasteiger partial charge in [-0.1, -0.05) is 158 Å². The standard InChI is InChI=1S/C51H33N3S2/c1-4-14-32(15-5-1)35-20-12-21-36(30-35)39-27-28-42(51-53-49(33-16-6-2-7-17-33)52-50(54-51)34-18-8-3-9-19-34)46-41-24-13-23-38(47(41)56-48(39)46)37-26-29-45-43(31-37)40-22-10-11-25-44(40)55-45/h1-31,49H,(H,52,53,54). The first kappa shape index (κ1) is 32.7. The third-order valence-corrected chi connectivity index (χ3v) is 13.2. The fraction of sp³-hybridized carbons (Fsp3) is 0.0196. The Morgan fingerprint density at radius 1 is 0.411 bits per heavy atom. The Bertz CT molecular complexity index is 3160. The highest BCUT2D eigenvalue weighted by Crippen LogP contribution is 2.47. The lowest BCUT2D eigenvalue weighted by Gasteiger charge is -2.24. The van der Waals surface area contributed by atoms with Gasteiger partial charge in [-0.15, -0.1) is 22.7 Å². The third-order valence-electron chi connectivity index (χ3n) is 10.8. The van der Waals surface area contributed by atoms with Crippen molar-refractivity contribution in [2.75, 3.05) is 0 Å².